The van der Waals surface area contributed by atoms with Gasteiger partial charge < -0.3 is 15.0 Å². The summed E-state index contributed by atoms with van der Waals surface area (Å²) in [6.07, 6.45) is 1.62. The maximum Gasteiger partial charge on any atom is 0.355 e. The van der Waals surface area contributed by atoms with Gasteiger partial charge in [-0.15, -0.1) is 11.8 Å². The molecule has 110 valence electrons. The number of hydrogen-bond donors (Lipinski definition) is 2. The molecule has 1 amide bonds. The molecule has 0 saturated carbocycles. The number of benzene rings is 1. The molecule has 0 aliphatic rings. The Labute approximate surface area is 127 Å². The highest BCUT2D eigenvalue weighted by Crippen LogP contribution is 2.15. The lowest BCUT2D eigenvalue weighted by molar-refractivity contribution is -0.124. The first kappa shape index (κ1) is 15.2. The molecule has 1 aromatic heterocycles. The van der Waals surface area contributed by atoms with Crippen LogP contribution in [0.4, 0.5) is 0 Å². The van der Waals surface area contributed by atoms with Gasteiger partial charge in [0.15, 0.2) is 6.61 Å². The van der Waals surface area contributed by atoms with E-state index < -0.39 is 5.97 Å². The number of aromatic nitrogens is 1. The maximum absolute atomic E-state index is 11.5. The van der Waals surface area contributed by atoms with Crippen LogP contribution in [0.1, 0.15) is 10.5 Å². The number of amides is 1. The molecule has 0 spiro atoms. The van der Waals surface area contributed by atoms with Crippen molar-refractivity contribution in [1.29, 1.82) is 0 Å². The number of carbonyl (C=O) groups is 2. The van der Waals surface area contributed by atoms with Gasteiger partial charge in [-0.1, -0.05) is 18.2 Å². The summed E-state index contributed by atoms with van der Waals surface area (Å²) in [6, 6.07) is 13.2. The van der Waals surface area contributed by atoms with Crippen LogP contribution in [0.2, 0.25) is 0 Å². The largest absolute Gasteiger partial charge is 0.451 e. The minimum absolute atomic E-state index is 0.270. The number of esters is 1. The molecule has 0 unspecified atom stereocenters. The van der Waals surface area contributed by atoms with Crippen molar-refractivity contribution in [2.24, 2.45) is 0 Å². The molecule has 2 N–H and O–H groups in total. The van der Waals surface area contributed by atoms with E-state index in [1.165, 1.54) is 0 Å². The summed E-state index contributed by atoms with van der Waals surface area (Å²) in [7, 11) is 0. The van der Waals surface area contributed by atoms with Crippen LogP contribution in [0.5, 0.6) is 0 Å². The monoisotopic (exact) mass is 304 g/mol. The van der Waals surface area contributed by atoms with Crippen LogP contribution < -0.4 is 5.32 Å². The van der Waals surface area contributed by atoms with Crippen molar-refractivity contribution in [3.63, 3.8) is 0 Å². The zero-order valence-corrected chi connectivity index (χ0v) is 12.2. The van der Waals surface area contributed by atoms with Crippen molar-refractivity contribution in [3.05, 3.63) is 54.4 Å². The van der Waals surface area contributed by atoms with Crippen LogP contribution in [0.3, 0.4) is 0 Å². The SMILES string of the molecule is O=C(COC(=O)c1ccc[nH]1)NCCSc1ccccc1. The molecule has 0 atom stereocenters. The number of rotatable bonds is 7. The third-order valence-corrected chi connectivity index (χ3v) is 3.60. The number of aromatic amines is 1. The second kappa shape index (κ2) is 8.16. The zero-order valence-electron chi connectivity index (χ0n) is 11.4. The molecule has 0 fully saturated rings. The van der Waals surface area contributed by atoms with Gasteiger partial charge in [-0.25, -0.2) is 4.79 Å². The van der Waals surface area contributed by atoms with Gasteiger partial charge >= 0.3 is 5.97 Å². The normalized spacial score (nSPS) is 10.1. The molecular weight excluding hydrogens is 288 g/mol. The van der Waals surface area contributed by atoms with Crippen LogP contribution in [-0.4, -0.2) is 35.8 Å². The lowest BCUT2D eigenvalue weighted by Crippen LogP contribution is -2.30. The molecule has 0 aliphatic heterocycles. The smallest absolute Gasteiger partial charge is 0.355 e. The predicted molar refractivity (Wildman–Crippen MR) is 81.3 cm³/mol. The molecule has 5 nitrogen and oxygen atoms in total. The van der Waals surface area contributed by atoms with Gasteiger partial charge in [0.25, 0.3) is 5.91 Å². The average Bonchev–Trinajstić information content (AvgIpc) is 3.05. The summed E-state index contributed by atoms with van der Waals surface area (Å²) in [5.41, 5.74) is 0.336. The van der Waals surface area contributed by atoms with Crippen LogP contribution >= 0.6 is 11.8 Å². The van der Waals surface area contributed by atoms with Crippen LogP contribution in [0.15, 0.2) is 53.6 Å². The lowest BCUT2D eigenvalue weighted by Gasteiger charge is -2.06. The maximum atomic E-state index is 11.5. The van der Waals surface area contributed by atoms with Crippen molar-refractivity contribution in [1.82, 2.24) is 10.3 Å². The topological polar surface area (TPSA) is 71.2 Å². The minimum atomic E-state index is -0.534. The van der Waals surface area contributed by atoms with E-state index in [4.69, 9.17) is 4.74 Å². The lowest BCUT2D eigenvalue weighted by atomic mass is 10.4. The molecule has 2 rings (SSSR count). The first-order chi connectivity index (χ1) is 10.3. The van der Waals surface area contributed by atoms with Gasteiger partial charge in [0.05, 0.1) is 0 Å². The number of nitrogens with one attached hydrogen (secondary N) is 2. The molecule has 21 heavy (non-hydrogen) atoms. The summed E-state index contributed by atoms with van der Waals surface area (Å²) in [4.78, 5) is 26.9. The Morgan fingerprint density at radius 2 is 1.95 bits per heavy atom. The minimum Gasteiger partial charge on any atom is -0.451 e. The summed E-state index contributed by atoms with van der Waals surface area (Å²) in [6.45, 7) is 0.256. The molecule has 6 heteroatoms. The Balaban J connectivity index is 1.59. The van der Waals surface area contributed by atoms with E-state index in [2.05, 4.69) is 10.3 Å². The fourth-order valence-corrected chi connectivity index (χ4v) is 2.38. The number of H-pyrrole nitrogens is 1. The molecule has 0 saturated heterocycles. The Morgan fingerprint density at radius 1 is 1.14 bits per heavy atom. The summed E-state index contributed by atoms with van der Waals surface area (Å²) >= 11 is 1.66. The standard InChI is InChI=1S/C15H16N2O3S/c18-14(11-20-15(19)13-7-4-8-16-13)17-9-10-21-12-5-2-1-3-6-12/h1-8,16H,9-11H2,(H,17,18). The average molecular weight is 304 g/mol. The highest BCUT2D eigenvalue weighted by molar-refractivity contribution is 7.99. The Hall–Kier alpha value is -2.21. The van der Waals surface area contributed by atoms with Crippen LogP contribution in [-0.2, 0) is 9.53 Å². The van der Waals surface area contributed by atoms with Gasteiger partial charge in [-0.3, -0.25) is 4.79 Å². The molecule has 1 heterocycles. The van der Waals surface area contributed by atoms with Crippen molar-refractivity contribution in [3.8, 4) is 0 Å². The second-order valence-electron chi connectivity index (χ2n) is 4.17. The van der Waals surface area contributed by atoms with E-state index in [9.17, 15) is 9.59 Å². The quantitative estimate of drug-likeness (QED) is 0.467. The molecule has 0 radical (unpaired) electrons. The molecule has 0 aliphatic carbocycles. The van der Waals surface area contributed by atoms with Gasteiger partial charge in [-0.2, -0.15) is 0 Å². The fraction of sp³-hybridized carbons (Fsp3) is 0.200. The molecule has 2 aromatic rings. The van der Waals surface area contributed by atoms with Crippen molar-refractivity contribution in [2.45, 2.75) is 4.90 Å². The Bertz CT molecular complexity index is 570. The highest BCUT2D eigenvalue weighted by Gasteiger charge is 2.09. The first-order valence-electron chi connectivity index (χ1n) is 6.51. The van der Waals surface area contributed by atoms with Gasteiger partial charge in [-0.05, 0) is 24.3 Å². The fourth-order valence-electron chi connectivity index (χ4n) is 1.59. The second-order valence-corrected chi connectivity index (χ2v) is 5.34. The first-order valence-corrected chi connectivity index (χ1v) is 7.49. The number of thioether (sulfide) groups is 1. The van der Waals surface area contributed by atoms with Crippen molar-refractivity contribution >= 4 is 23.6 Å². The zero-order chi connectivity index (χ0) is 14.9. The molecule has 0 bridgehead atoms. The Kier molecular flexibility index (Phi) is 5.90. The third-order valence-electron chi connectivity index (χ3n) is 2.59. The predicted octanol–water partition coefficient (Wildman–Crippen LogP) is 2.08. The molecule has 1 aromatic carbocycles. The highest BCUT2D eigenvalue weighted by atomic mass is 32.2. The van der Waals surface area contributed by atoms with Gasteiger partial charge in [0.2, 0.25) is 0 Å². The van der Waals surface area contributed by atoms with Gasteiger partial charge in [0.1, 0.15) is 5.69 Å². The van der Waals surface area contributed by atoms with E-state index in [-0.39, 0.29) is 12.5 Å². The van der Waals surface area contributed by atoms with Crippen LogP contribution in [0, 0.1) is 0 Å². The van der Waals surface area contributed by atoms with Crippen molar-refractivity contribution < 1.29 is 14.3 Å². The summed E-state index contributed by atoms with van der Waals surface area (Å²) in [5, 5.41) is 2.71. The summed E-state index contributed by atoms with van der Waals surface area (Å²) < 4.78 is 4.87. The van der Waals surface area contributed by atoms with Gasteiger partial charge in [0, 0.05) is 23.4 Å². The van der Waals surface area contributed by atoms with E-state index >= 15 is 0 Å². The van der Waals surface area contributed by atoms with E-state index in [0.29, 0.717) is 12.2 Å². The van der Waals surface area contributed by atoms with E-state index in [1.807, 2.05) is 30.3 Å². The van der Waals surface area contributed by atoms with E-state index in [0.717, 1.165) is 10.6 Å². The number of hydrogen-bond acceptors (Lipinski definition) is 4. The molecular formula is C15H16N2O3S. The Morgan fingerprint density at radius 3 is 2.67 bits per heavy atom. The van der Waals surface area contributed by atoms with Crippen molar-refractivity contribution in [2.75, 3.05) is 18.9 Å². The number of ether oxygens (including phenoxy) is 1. The summed E-state index contributed by atoms with van der Waals surface area (Å²) in [5.74, 6) is -0.0715. The van der Waals surface area contributed by atoms with Crippen LogP contribution in [0.25, 0.3) is 0 Å². The third kappa shape index (κ3) is 5.35. The number of carbonyl (C=O) groups excluding carboxylic acids is 2. The van der Waals surface area contributed by atoms with E-state index in [1.54, 1.807) is 30.1 Å².